The van der Waals surface area contributed by atoms with Gasteiger partial charge in [-0.1, -0.05) is 37.6 Å². The maximum atomic E-state index is 12.0. The van der Waals surface area contributed by atoms with E-state index in [-0.39, 0.29) is 16.2 Å². The number of nitrogens with zero attached hydrogens (tertiary/aromatic N) is 1. The molecule has 0 amide bonds. The maximum absolute atomic E-state index is 12.0. The summed E-state index contributed by atoms with van der Waals surface area (Å²) in [5, 5.41) is 4.07. The van der Waals surface area contributed by atoms with Crippen LogP contribution >= 0.6 is 0 Å². The van der Waals surface area contributed by atoms with Crippen molar-refractivity contribution >= 4 is 6.29 Å². The fourth-order valence-corrected chi connectivity index (χ4v) is 6.00. The molecule has 1 heterocycles. The minimum Gasteiger partial charge on any atom is -0.361 e. The van der Waals surface area contributed by atoms with Gasteiger partial charge in [-0.05, 0) is 49.9 Å². The van der Waals surface area contributed by atoms with E-state index in [4.69, 9.17) is 4.52 Å². The molecule has 0 aromatic carbocycles. The molecule has 3 nitrogen and oxygen atoms in total. The molecule has 1 aromatic heterocycles. The summed E-state index contributed by atoms with van der Waals surface area (Å²) in [6, 6.07) is 0. The predicted molar refractivity (Wildman–Crippen MR) is 84.5 cm³/mol. The molecule has 3 aliphatic carbocycles. The molecule has 0 radical (unpaired) electrons. The van der Waals surface area contributed by atoms with Gasteiger partial charge in [0, 0.05) is 16.4 Å². The third kappa shape index (κ3) is 1.57. The molecule has 0 saturated heterocycles. The monoisotopic (exact) mass is 299 g/mol. The van der Waals surface area contributed by atoms with Crippen LogP contribution in [0.4, 0.5) is 0 Å². The van der Waals surface area contributed by atoms with E-state index in [1.54, 1.807) is 0 Å². The van der Waals surface area contributed by atoms with Crippen molar-refractivity contribution in [1.82, 2.24) is 5.16 Å². The largest absolute Gasteiger partial charge is 0.361 e. The Bertz CT molecular complexity index is 656. The van der Waals surface area contributed by atoms with Crippen molar-refractivity contribution in [3.63, 3.8) is 0 Å². The lowest BCUT2D eigenvalue weighted by molar-refractivity contribution is -0.119. The van der Waals surface area contributed by atoms with Crippen LogP contribution in [0.1, 0.15) is 64.2 Å². The second-order valence-corrected chi connectivity index (χ2v) is 8.37. The number of carbonyl (C=O) groups is 1. The lowest BCUT2D eigenvalue weighted by Crippen LogP contribution is -2.54. The van der Waals surface area contributed by atoms with Crippen molar-refractivity contribution in [2.75, 3.05) is 0 Å². The number of allylic oxidation sites excluding steroid dienone is 2. The molecule has 0 bridgehead atoms. The molecule has 22 heavy (non-hydrogen) atoms. The first-order valence-electron chi connectivity index (χ1n) is 8.55. The summed E-state index contributed by atoms with van der Waals surface area (Å²) in [5.41, 5.74) is 2.48. The molecule has 0 spiro atoms. The third-order valence-corrected chi connectivity index (χ3v) is 6.86. The van der Waals surface area contributed by atoms with Crippen LogP contribution in [0, 0.1) is 16.7 Å². The van der Waals surface area contributed by atoms with E-state index in [0.29, 0.717) is 5.92 Å². The maximum Gasteiger partial charge on any atom is 0.145 e. The highest BCUT2D eigenvalue weighted by Crippen LogP contribution is 2.64. The van der Waals surface area contributed by atoms with Gasteiger partial charge in [-0.3, -0.25) is 0 Å². The van der Waals surface area contributed by atoms with E-state index in [9.17, 15) is 4.79 Å². The fourth-order valence-electron chi connectivity index (χ4n) is 6.00. The van der Waals surface area contributed by atoms with Crippen molar-refractivity contribution in [3.05, 3.63) is 29.2 Å². The number of carbonyl (C=O) groups excluding carboxylic acids is 1. The molecule has 0 N–H and O–H groups in total. The number of aldehydes is 1. The fraction of sp³-hybridized carbons (Fsp3) is 0.684. The zero-order valence-electron chi connectivity index (χ0n) is 13.8. The van der Waals surface area contributed by atoms with E-state index in [1.807, 2.05) is 6.20 Å². The number of fused-ring (bicyclic) bond motifs is 4. The normalized spacial score (nSPS) is 39.2. The number of rotatable bonds is 1. The molecule has 3 aliphatic rings. The molecule has 118 valence electrons. The SMILES string of the molecule is CC1(C)c2oncc2C[C@]2(C)C3=CCCC[C@]3(C=O)CC[C@@H]12. The van der Waals surface area contributed by atoms with Gasteiger partial charge in [-0.2, -0.15) is 0 Å². The highest BCUT2D eigenvalue weighted by atomic mass is 16.5. The van der Waals surface area contributed by atoms with Crippen molar-refractivity contribution in [3.8, 4) is 0 Å². The van der Waals surface area contributed by atoms with Crippen LogP contribution in [0.2, 0.25) is 0 Å². The Morgan fingerprint density at radius 3 is 2.91 bits per heavy atom. The predicted octanol–water partition coefficient (Wildman–Crippen LogP) is 4.22. The second-order valence-electron chi connectivity index (χ2n) is 8.37. The first-order valence-corrected chi connectivity index (χ1v) is 8.55. The minimum absolute atomic E-state index is 0.0217. The quantitative estimate of drug-likeness (QED) is 0.576. The Hall–Kier alpha value is -1.38. The topological polar surface area (TPSA) is 43.1 Å². The van der Waals surface area contributed by atoms with Gasteiger partial charge < -0.3 is 9.32 Å². The standard InChI is InChI=1S/C19H25NO2/c1-17(2)14-7-9-19(12-21)8-5-4-6-15(19)18(14,3)10-13-11-20-22-16(13)17/h6,11-12,14H,4-5,7-10H2,1-3H3/t14-,18-,19+/m0/s1. The first-order chi connectivity index (χ1) is 10.4. The van der Waals surface area contributed by atoms with Crippen LogP contribution in [-0.2, 0) is 16.6 Å². The van der Waals surface area contributed by atoms with Crippen LogP contribution in [-0.4, -0.2) is 11.4 Å². The lowest BCUT2D eigenvalue weighted by Gasteiger charge is -2.58. The van der Waals surface area contributed by atoms with E-state index in [2.05, 4.69) is 32.0 Å². The number of hydrogen-bond donors (Lipinski definition) is 0. The molecular weight excluding hydrogens is 274 g/mol. The van der Waals surface area contributed by atoms with E-state index >= 15 is 0 Å². The van der Waals surface area contributed by atoms with E-state index in [0.717, 1.165) is 44.3 Å². The zero-order chi connectivity index (χ0) is 15.6. The molecule has 1 aromatic rings. The summed E-state index contributed by atoms with van der Waals surface area (Å²) >= 11 is 0. The smallest absolute Gasteiger partial charge is 0.145 e. The van der Waals surface area contributed by atoms with Gasteiger partial charge in [-0.25, -0.2) is 0 Å². The van der Waals surface area contributed by atoms with Gasteiger partial charge >= 0.3 is 0 Å². The highest BCUT2D eigenvalue weighted by Gasteiger charge is 2.59. The van der Waals surface area contributed by atoms with Crippen molar-refractivity contribution < 1.29 is 9.32 Å². The summed E-state index contributed by atoms with van der Waals surface area (Å²) in [6.45, 7) is 6.96. The highest BCUT2D eigenvalue weighted by molar-refractivity contribution is 5.68. The second kappa shape index (κ2) is 4.33. The van der Waals surface area contributed by atoms with Crippen LogP contribution in [0.15, 0.2) is 22.4 Å². The zero-order valence-corrected chi connectivity index (χ0v) is 13.8. The van der Waals surface area contributed by atoms with E-state index in [1.165, 1.54) is 17.4 Å². The van der Waals surface area contributed by atoms with Crippen molar-refractivity contribution in [2.24, 2.45) is 16.7 Å². The van der Waals surface area contributed by atoms with Crippen LogP contribution in [0.3, 0.4) is 0 Å². The third-order valence-electron chi connectivity index (χ3n) is 6.86. The summed E-state index contributed by atoms with van der Waals surface area (Å²) in [4.78, 5) is 12.0. The molecule has 3 heteroatoms. The summed E-state index contributed by atoms with van der Waals surface area (Å²) in [5.74, 6) is 1.57. The van der Waals surface area contributed by atoms with Gasteiger partial charge in [-0.15, -0.1) is 0 Å². The Morgan fingerprint density at radius 2 is 2.14 bits per heavy atom. The first kappa shape index (κ1) is 14.2. The van der Waals surface area contributed by atoms with Crippen LogP contribution in [0.25, 0.3) is 0 Å². The van der Waals surface area contributed by atoms with Gasteiger partial charge in [0.25, 0.3) is 0 Å². The molecule has 4 rings (SSSR count). The average molecular weight is 299 g/mol. The summed E-state index contributed by atoms with van der Waals surface area (Å²) < 4.78 is 5.61. The van der Waals surface area contributed by atoms with Crippen LogP contribution < -0.4 is 0 Å². The molecule has 3 atom stereocenters. The molecule has 1 fully saturated rings. The molecule has 1 saturated carbocycles. The average Bonchev–Trinajstić information content (AvgIpc) is 2.95. The number of aromatic nitrogens is 1. The van der Waals surface area contributed by atoms with Crippen molar-refractivity contribution in [1.29, 1.82) is 0 Å². The molecule has 0 aliphatic heterocycles. The lowest BCUT2D eigenvalue weighted by atomic mass is 9.44. The van der Waals surface area contributed by atoms with Gasteiger partial charge in [0.15, 0.2) is 0 Å². The number of hydrogen-bond acceptors (Lipinski definition) is 3. The van der Waals surface area contributed by atoms with Gasteiger partial charge in [0.2, 0.25) is 0 Å². The van der Waals surface area contributed by atoms with Gasteiger partial charge in [0.05, 0.1) is 6.20 Å². The van der Waals surface area contributed by atoms with Gasteiger partial charge in [0.1, 0.15) is 12.0 Å². The molecular formula is C19H25NO2. The Labute approximate surface area is 132 Å². The Morgan fingerprint density at radius 1 is 1.32 bits per heavy atom. The Balaban J connectivity index is 1.90. The minimum atomic E-state index is -0.200. The van der Waals surface area contributed by atoms with Crippen LogP contribution in [0.5, 0.6) is 0 Å². The van der Waals surface area contributed by atoms with E-state index < -0.39 is 0 Å². The molecule has 0 unspecified atom stereocenters. The summed E-state index contributed by atoms with van der Waals surface area (Å²) in [7, 11) is 0. The van der Waals surface area contributed by atoms with Crippen molar-refractivity contribution in [2.45, 2.75) is 64.7 Å². The summed E-state index contributed by atoms with van der Waals surface area (Å²) in [6.07, 6.45) is 11.9. The Kier molecular flexibility index (Phi) is 2.80.